The molecule has 1 N–H and O–H groups in total. The van der Waals surface area contributed by atoms with E-state index in [-0.39, 0.29) is 5.91 Å². The lowest BCUT2D eigenvalue weighted by molar-refractivity contribution is -0.123. The van der Waals surface area contributed by atoms with Crippen molar-refractivity contribution in [3.63, 3.8) is 0 Å². The van der Waals surface area contributed by atoms with Crippen molar-refractivity contribution >= 4 is 12.0 Å². The number of carbonyl (C=O) groups excluding carboxylic acids is 1. The van der Waals surface area contributed by atoms with Crippen LogP contribution in [0.3, 0.4) is 0 Å². The summed E-state index contributed by atoms with van der Waals surface area (Å²) in [6, 6.07) is 9.74. The monoisotopic (exact) mass is 267 g/mol. The van der Waals surface area contributed by atoms with Crippen LogP contribution in [0.4, 0.5) is 0 Å². The highest BCUT2D eigenvalue weighted by atomic mass is 16.3. The predicted octanol–water partition coefficient (Wildman–Crippen LogP) is 2.02. The minimum absolute atomic E-state index is 0.0205. The molecule has 3 rings (SSSR count). The third kappa shape index (κ3) is 1.91. The van der Waals surface area contributed by atoms with E-state index in [9.17, 15) is 9.90 Å². The number of rotatable bonds is 1. The molecule has 3 heteroatoms. The Bertz CT molecular complexity index is 615. The molecular weight excluding hydrogens is 250 g/mol. The van der Waals surface area contributed by atoms with Gasteiger partial charge < -0.3 is 10.0 Å². The summed E-state index contributed by atoms with van der Waals surface area (Å²) in [7, 11) is 1.77. The van der Waals surface area contributed by atoms with Gasteiger partial charge in [0.1, 0.15) is 0 Å². The second kappa shape index (κ2) is 4.76. The Labute approximate surface area is 118 Å². The van der Waals surface area contributed by atoms with Crippen molar-refractivity contribution in [1.29, 1.82) is 0 Å². The van der Waals surface area contributed by atoms with Crippen LogP contribution in [0, 0.1) is 5.41 Å². The number of amides is 1. The second-order valence-electron chi connectivity index (χ2n) is 5.36. The number of likely N-dealkylation sites (N-methyl/N-ethyl adjacent to an activating group) is 1. The molecule has 1 aliphatic carbocycles. The van der Waals surface area contributed by atoms with Crippen molar-refractivity contribution in [1.82, 2.24) is 4.90 Å². The van der Waals surface area contributed by atoms with Gasteiger partial charge >= 0.3 is 0 Å². The summed E-state index contributed by atoms with van der Waals surface area (Å²) in [5.41, 5.74) is 0.996. The van der Waals surface area contributed by atoms with E-state index in [1.165, 1.54) is 0 Å². The first kappa shape index (κ1) is 12.9. The number of carbonyl (C=O) groups is 1. The van der Waals surface area contributed by atoms with E-state index in [2.05, 4.69) is 0 Å². The van der Waals surface area contributed by atoms with Crippen molar-refractivity contribution in [2.75, 3.05) is 13.6 Å². The van der Waals surface area contributed by atoms with Gasteiger partial charge in [-0.15, -0.1) is 0 Å². The average Bonchev–Trinajstić information content (AvgIpc) is 2.69. The molecule has 20 heavy (non-hydrogen) atoms. The minimum Gasteiger partial charge on any atom is -0.388 e. The largest absolute Gasteiger partial charge is 0.388 e. The minimum atomic E-state index is -0.670. The quantitative estimate of drug-likeness (QED) is 0.791. The van der Waals surface area contributed by atoms with Gasteiger partial charge in [0.2, 0.25) is 0 Å². The Kier molecular flexibility index (Phi) is 3.07. The molecule has 1 aliphatic heterocycles. The summed E-state index contributed by atoms with van der Waals surface area (Å²) < 4.78 is 0. The maximum atomic E-state index is 12.4. The van der Waals surface area contributed by atoms with Crippen molar-refractivity contribution in [3.05, 3.63) is 65.8 Å². The molecule has 0 unspecified atom stereocenters. The van der Waals surface area contributed by atoms with E-state index < -0.39 is 11.5 Å². The number of nitrogens with zero attached hydrogens (tertiary/aromatic N) is 1. The van der Waals surface area contributed by atoms with Crippen LogP contribution in [0.1, 0.15) is 5.56 Å². The highest BCUT2D eigenvalue weighted by molar-refractivity contribution is 6.02. The Morgan fingerprint density at radius 2 is 2.05 bits per heavy atom. The lowest BCUT2D eigenvalue weighted by atomic mass is 9.74. The third-order valence-electron chi connectivity index (χ3n) is 4.01. The molecule has 0 saturated carbocycles. The highest BCUT2D eigenvalue weighted by Crippen LogP contribution is 2.43. The molecule has 1 fully saturated rings. The van der Waals surface area contributed by atoms with Crippen LogP contribution in [0.15, 0.2) is 60.2 Å². The van der Waals surface area contributed by atoms with E-state index in [1.54, 1.807) is 18.0 Å². The lowest BCUT2D eigenvalue weighted by Gasteiger charge is -2.31. The van der Waals surface area contributed by atoms with Crippen LogP contribution in [0.25, 0.3) is 6.08 Å². The maximum Gasteiger partial charge on any atom is 0.250 e. The van der Waals surface area contributed by atoms with E-state index in [0.29, 0.717) is 12.1 Å². The summed E-state index contributed by atoms with van der Waals surface area (Å²) in [5, 5.41) is 10.4. The van der Waals surface area contributed by atoms with Gasteiger partial charge in [-0.25, -0.2) is 0 Å². The van der Waals surface area contributed by atoms with Crippen molar-refractivity contribution < 1.29 is 9.90 Å². The van der Waals surface area contributed by atoms with E-state index in [1.807, 2.05) is 54.6 Å². The summed E-state index contributed by atoms with van der Waals surface area (Å²) >= 11 is 0. The number of allylic oxidation sites excluding steroid dienone is 2. The lowest BCUT2D eigenvalue weighted by Crippen LogP contribution is -2.36. The zero-order valence-corrected chi connectivity index (χ0v) is 11.4. The van der Waals surface area contributed by atoms with Crippen LogP contribution in [0.5, 0.6) is 0 Å². The van der Waals surface area contributed by atoms with Crippen LogP contribution >= 0.6 is 0 Å². The van der Waals surface area contributed by atoms with Crippen LogP contribution in [0.2, 0.25) is 0 Å². The highest BCUT2D eigenvalue weighted by Gasteiger charge is 2.49. The van der Waals surface area contributed by atoms with Gasteiger partial charge in [0.25, 0.3) is 5.91 Å². The average molecular weight is 267 g/mol. The fourth-order valence-corrected chi connectivity index (χ4v) is 2.93. The normalized spacial score (nSPS) is 30.7. The fourth-order valence-electron chi connectivity index (χ4n) is 2.93. The molecule has 0 radical (unpaired) electrons. The molecule has 0 aromatic heterocycles. The van der Waals surface area contributed by atoms with Gasteiger partial charge in [-0.2, -0.15) is 0 Å². The molecule has 0 bridgehead atoms. The van der Waals surface area contributed by atoms with Crippen molar-refractivity contribution in [2.24, 2.45) is 5.41 Å². The van der Waals surface area contributed by atoms with Gasteiger partial charge in [-0.1, -0.05) is 54.6 Å². The standard InChI is InChI=1S/C17H17NO2/c1-18-12-17(10-6-5-9-15(17)19)14(16(18)20)11-13-7-3-2-4-8-13/h2-11,15,19H,12H2,1H3/b14-11+/t15-,17+/m0/s1. The zero-order chi connectivity index (χ0) is 14.2. The zero-order valence-electron chi connectivity index (χ0n) is 11.4. The molecule has 1 saturated heterocycles. The number of likely N-dealkylation sites (tertiary alicyclic amines) is 1. The van der Waals surface area contributed by atoms with Crippen molar-refractivity contribution in [2.45, 2.75) is 6.10 Å². The number of aliphatic hydroxyl groups is 1. The molecule has 2 atom stereocenters. The SMILES string of the molecule is CN1C[C@]2(C=CC=C[C@@H]2O)/C(=C/c2ccccc2)C1=O. The van der Waals surface area contributed by atoms with Gasteiger partial charge in [-0.05, 0) is 11.6 Å². The summed E-state index contributed by atoms with van der Waals surface area (Å²) in [6.07, 6.45) is 8.62. The maximum absolute atomic E-state index is 12.4. The number of aliphatic hydroxyl groups excluding tert-OH is 1. The number of benzene rings is 1. The summed E-state index contributed by atoms with van der Waals surface area (Å²) in [4.78, 5) is 14.1. The van der Waals surface area contributed by atoms with E-state index >= 15 is 0 Å². The molecule has 1 amide bonds. The molecule has 3 nitrogen and oxygen atoms in total. The fraction of sp³-hybridized carbons (Fsp3) is 0.235. The Balaban J connectivity index is 2.10. The molecular formula is C17H17NO2. The van der Waals surface area contributed by atoms with E-state index in [0.717, 1.165) is 5.56 Å². The molecule has 102 valence electrons. The van der Waals surface area contributed by atoms with Gasteiger partial charge in [-0.3, -0.25) is 4.79 Å². The van der Waals surface area contributed by atoms with Gasteiger partial charge in [0, 0.05) is 19.2 Å². The van der Waals surface area contributed by atoms with Crippen LogP contribution in [-0.4, -0.2) is 35.6 Å². The molecule has 1 spiro atoms. The first-order chi connectivity index (χ1) is 9.63. The second-order valence-corrected chi connectivity index (χ2v) is 5.36. The summed E-state index contributed by atoms with van der Waals surface area (Å²) in [6.45, 7) is 0.506. The Morgan fingerprint density at radius 3 is 2.75 bits per heavy atom. The third-order valence-corrected chi connectivity index (χ3v) is 4.01. The predicted molar refractivity (Wildman–Crippen MR) is 78.8 cm³/mol. The summed E-state index contributed by atoms with van der Waals surface area (Å²) in [5.74, 6) is -0.0205. The Hall–Kier alpha value is -2.13. The number of hydrogen-bond donors (Lipinski definition) is 1. The molecule has 1 heterocycles. The first-order valence-corrected chi connectivity index (χ1v) is 6.70. The van der Waals surface area contributed by atoms with Gasteiger partial charge in [0.05, 0.1) is 11.5 Å². The first-order valence-electron chi connectivity index (χ1n) is 6.70. The van der Waals surface area contributed by atoms with E-state index in [4.69, 9.17) is 0 Å². The van der Waals surface area contributed by atoms with Crippen molar-refractivity contribution in [3.8, 4) is 0 Å². The topological polar surface area (TPSA) is 40.5 Å². The smallest absolute Gasteiger partial charge is 0.250 e. The molecule has 2 aliphatic rings. The van der Waals surface area contributed by atoms with Crippen LogP contribution in [-0.2, 0) is 4.79 Å². The Morgan fingerprint density at radius 1 is 1.30 bits per heavy atom. The van der Waals surface area contributed by atoms with Crippen LogP contribution < -0.4 is 0 Å². The molecule has 1 aromatic carbocycles. The van der Waals surface area contributed by atoms with Gasteiger partial charge in [0.15, 0.2) is 0 Å². The molecule has 1 aromatic rings. The number of hydrogen-bond acceptors (Lipinski definition) is 2.